The maximum atomic E-state index is 12.1. The van der Waals surface area contributed by atoms with E-state index in [1.807, 2.05) is 6.08 Å². The molecule has 0 saturated carbocycles. The molecule has 3 N–H and O–H groups in total. The van der Waals surface area contributed by atoms with E-state index in [0.29, 0.717) is 6.42 Å². The van der Waals surface area contributed by atoms with E-state index < -0.39 is 12.1 Å². The van der Waals surface area contributed by atoms with Gasteiger partial charge in [-0.1, -0.05) is 93.9 Å². The van der Waals surface area contributed by atoms with Crippen molar-refractivity contribution in [3.63, 3.8) is 0 Å². The van der Waals surface area contributed by atoms with Crippen LogP contribution in [0.15, 0.2) is 60.8 Å². The molecule has 0 aromatic carbocycles. The van der Waals surface area contributed by atoms with Gasteiger partial charge in [0.2, 0.25) is 5.91 Å². The Morgan fingerprint density at radius 3 is 1.94 bits per heavy atom. The standard InChI is InChI=1S/C29H49NO3/c1-3-5-7-9-11-12-13-14-15-16-17-18-19-21-23-25-29(33)30-27(26-31)28(32)24-22-20-10-8-6-4-2/h5,7,11-12,14-15,17-18,22,24,27-28,31-32H,3-4,6,8-10,13,16,19-21,23,25-26H2,1-2H3,(H,30,33)/b7-5-,12-11-,15-14-,18-17-,24-22+. The Morgan fingerprint density at radius 2 is 1.33 bits per heavy atom. The third kappa shape index (κ3) is 21.7. The zero-order chi connectivity index (χ0) is 24.4. The number of carbonyl (C=O) groups is 1. The van der Waals surface area contributed by atoms with E-state index in [0.717, 1.165) is 57.8 Å². The van der Waals surface area contributed by atoms with Crippen molar-refractivity contribution in [2.45, 2.75) is 109 Å². The van der Waals surface area contributed by atoms with Crippen molar-refractivity contribution < 1.29 is 15.0 Å². The summed E-state index contributed by atoms with van der Waals surface area (Å²) in [5.41, 5.74) is 0. The van der Waals surface area contributed by atoms with Gasteiger partial charge in [0.05, 0.1) is 18.8 Å². The van der Waals surface area contributed by atoms with Gasteiger partial charge in [0.25, 0.3) is 0 Å². The first-order valence-electron chi connectivity index (χ1n) is 13.0. The van der Waals surface area contributed by atoms with Gasteiger partial charge < -0.3 is 15.5 Å². The lowest BCUT2D eigenvalue weighted by Gasteiger charge is -2.19. The summed E-state index contributed by atoms with van der Waals surface area (Å²) >= 11 is 0. The number of rotatable bonds is 21. The van der Waals surface area contributed by atoms with Crippen LogP contribution in [0.4, 0.5) is 0 Å². The monoisotopic (exact) mass is 459 g/mol. The highest BCUT2D eigenvalue weighted by Crippen LogP contribution is 2.06. The number of amides is 1. The number of carbonyl (C=O) groups excluding carboxylic acids is 1. The van der Waals surface area contributed by atoms with Gasteiger partial charge >= 0.3 is 0 Å². The molecular formula is C29H49NO3. The molecule has 0 aliphatic carbocycles. The Labute approximate surface area is 203 Å². The average molecular weight is 460 g/mol. The molecule has 0 radical (unpaired) electrons. The van der Waals surface area contributed by atoms with Crippen LogP contribution in [0.1, 0.15) is 97.3 Å². The fourth-order valence-corrected chi connectivity index (χ4v) is 3.22. The molecule has 33 heavy (non-hydrogen) atoms. The second-order valence-electron chi connectivity index (χ2n) is 8.37. The number of unbranched alkanes of at least 4 members (excludes halogenated alkanes) is 6. The summed E-state index contributed by atoms with van der Waals surface area (Å²) in [6, 6.07) is -0.640. The molecule has 0 spiro atoms. The predicted molar refractivity (Wildman–Crippen MR) is 142 cm³/mol. The molecule has 2 unspecified atom stereocenters. The Balaban J connectivity index is 3.84. The van der Waals surface area contributed by atoms with Crippen molar-refractivity contribution in [2.24, 2.45) is 0 Å². The van der Waals surface area contributed by atoms with Crippen molar-refractivity contribution >= 4 is 5.91 Å². The van der Waals surface area contributed by atoms with Gasteiger partial charge in [-0.05, 0) is 57.8 Å². The molecule has 0 rings (SSSR count). The van der Waals surface area contributed by atoms with Gasteiger partial charge in [-0.3, -0.25) is 4.79 Å². The first kappa shape index (κ1) is 31.1. The molecule has 0 aliphatic rings. The number of aliphatic hydroxyl groups is 2. The van der Waals surface area contributed by atoms with Crippen LogP contribution in [0, 0.1) is 0 Å². The Morgan fingerprint density at radius 1 is 0.758 bits per heavy atom. The molecule has 0 aromatic rings. The van der Waals surface area contributed by atoms with E-state index in [2.05, 4.69) is 67.8 Å². The smallest absolute Gasteiger partial charge is 0.220 e. The zero-order valence-corrected chi connectivity index (χ0v) is 21.1. The normalized spacial score (nSPS) is 14.4. The van der Waals surface area contributed by atoms with Gasteiger partial charge in [-0.2, -0.15) is 0 Å². The van der Waals surface area contributed by atoms with Gasteiger partial charge in [-0.15, -0.1) is 0 Å². The first-order chi connectivity index (χ1) is 16.2. The van der Waals surface area contributed by atoms with E-state index in [1.54, 1.807) is 6.08 Å². The Kier molecular flexibility index (Phi) is 23.3. The lowest BCUT2D eigenvalue weighted by molar-refractivity contribution is -0.123. The highest BCUT2D eigenvalue weighted by molar-refractivity contribution is 5.76. The van der Waals surface area contributed by atoms with Gasteiger partial charge in [0, 0.05) is 6.42 Å². The average Bonchev–Trinajstić information content (AvgIpc) is 2.82. The molecule has 0 saturated heterocycles. The van der Waals surface area contributed by atoms with Crippen LogP contribution < -0.4 is 5.32 Å². The second-order valence-corrected chi connectivity index (χ2v) is 8.37. The van der Waals surface area contributed by atoms with Crippen LogP contribution in [0.2, 0.25) is 0 Å². The van der Waals surface area contributed by atoms with Crippen molar-refractivity contribution in [3.8, 4) is 0 Å². The first-order valence-corrected chi connectivity index (χ1v) is 13.0. The Bertz CT molecular complexity index is 590. The molecular weight excluding hydrogens is 410 g/mol. The number of nitrogens with one attached hydrogen (secondary N) is 1. The fourth-order valence-electron chi connectivity index (χ4n) is 3.22. The van der Waals surface area contributed by atoms with E-state index in [-0.39, 0.29) is 12.5 Å². The van der Waals surface area contributed by atoms with Crippen molar-refractivity contribution in [1.82, 2.24) is 5.32 Å². The fraction of sp³-hybridized carbons (Fsp3) is 0.621. The van der Waals surface area contributed by atoms with Crippen LogP contribution in [0.25, 0.3) is 0 Å². The van der Waals surface area contributed by atoms with E-state index >= 15 is 0 Å². The molecule has 4 nitrogen and oxygen atoms in total. The zero-order valence-electron chi connectivity index (χ0n) is 21.1. The summed E-state index contributed by atoms with van der Waals surface area (Å²) in [6.45, 7) is 4.05. The molecule has 0 fully saturated rings. The van der Waals surface area contributed by atoms with Crippen LogP contribution in [0.5, 0.6) is 0 Å². The van der Waals surface area contributed by atoms with Crippen LogP contribution in [-0.4, -0.2) is 34.9 Å². The lowest BCUT2D eigenvalue weighted by atomic mass is 10.1. The SMILES string of the molecule is CC/C=C\C/C=C\C/C=C\C/C=C\CCCCC(=O)NC(CO)C(O)/C=C/CCCCCC. The highest BCUT2D eigenvalue weighted by Gasteiger charge is 2.17. The minimum atomic E-state index is -0.852. The van der Waals surface area contributed by atoms with Gasteiger partial charge in [0.1, 0.15) is 0 Å². The lowest BCUT2D eigenvalue weighted by Crippen LogP contribution is -2.45. The molecule has 0 aromatic heterocycles. The van der Waals surface area contributed by atoms with Gasteiger partial charge in [0.15, 0.2) is 0 Å². The molecule has 4 heteroatoms. The number of allylic oxidation sites excluding steroid dienone is 9. The van der Waals surface area contributed by atoms with E-state index in [9.17, 15) is 15.0 Å². The Hall–Kier alpha value is -1.91. The minimum Gasteiger partial charge on any atom is -0.394 e. The second kappa shape index (κ2) is 24.7. The maximum Gasteiger partial charge on any atom is 0.220 e. The molecule has 0 heterocycles. The molecule has 1 amide bonds. The third-order valence-corrected chi connectivity index (χ3v) is 5.26. The van der Waals surface area contributed by atoms with E-state index in [1.165, 1.54) is 19.3 Å². The van der Waals surface area contributed by atoms with Crippen molar-refractivity contribution in [3.05, 3.63) is 60.8 Å². The molecule has 0 bridgehead atoms. The van der Waals surface area contributed by atoms with Crippen molar-refractivity contribution in [2.75, 3.05) is 6.61 Å². The largest absolute Gasteiger partial charge is 0.394 e. The summed E-state index contributed by atoms with van der Waals surface area (Å²) in [5, 5.41) is 22.4. The maximum absolute atomic E-state index is 12.1. The summed E-state index contributed by atoms with van der Waals surface area (Å²) in [7, 11) is 0. The van der Waals surface area contributed by atoms with Crippen molar-refractivity contribution in [1.29, 1.82) is 0 Å². The minimum absolute atomic E-state index is 0.116. The third-order valence-electron chi connectivity index (χ3n) is 5.26. The topological polar surface area (TPSA) is 69.6 Å². The molecule has 2 atom stereocenters. The van der Waals surface area contributed by atoms with Crippen LogP contribution >= 0.6 is 0 Å². The summed E-state index contributed by atoms with van der Waals surface area (Å²) in [4.78, 5) is 12.1. The highest BCUT2D eigenvalue weighted by atomic mass is 16.3. The van der Waals surface area contributed by atoms with Crippen LogP contribution in [-0.2, 0) is 4.79 Å². The number of aliphatic hydroxyl groups excluding tert-OH is 2. The number of hydrogen-bond acceptors (Lipinski definition) is 3. The summed E-state index contributed by atoms with van der Waals surface area (Å²) in [6.07, 6.45) is 33.0. The van der Waals surface area contributed by atoms with E-state index in [4.69, 9.17) is 0 Å². The quantitative estimate of drug-likeness (QED) is 0.132. The molecule has 0 aliphatic heterocycles. The summed E-state index contributed by atoms with van der Waals surface area (Å²) in [5.74, 6) is -0.116. The number of hydrogen-bond donors (Lipinski definition) is 3. The summed E-state index contributed by atoms with van der Waals surface area (Å²) < 4.78 is 0. The predicted octanol–water partition coefficient (Wildman–Crippen LogP) is 6.72. The van der Waals surface area contributed by atoms with Gasteiger partial charge in [-0.25, -0.2) is 0 Å². The molecule has 188 valence electrons. The van der Waals surface area contributed by atoms with Crippen LogP contribution in [0.3, 0.4) is 0 Å².